The summed E-state index contributed by atoms with van der Waals surface area (Å²) in [6, 6.07) is 10.8. The lowest BCUT2D eigenvalue weighted by molar-refractivity contribution is 0.0601. The van der Waals surface area contributed by atoms with E-state index in [1.807, 2.05) is 36.6 Å². The molecule has 0 aliphatic rings. The van der Waals surface area contributed by atoms with Crippen LogP contribution in [0.25, 0.3) is 5.65 Å². The number of carbonyl (C=O) groups excluding carboxylic acids is 1. The van der Waals surface area contributed by atoms with Crippen molar-refractivity contribution >= 4 is 23.1 Å². The summed E-state index contributed by atoms with van der Waals surface area (Å²) in [4.78, 5) is 16.1. The van der Waals surface area contributed by atoms with E-state index in [0.717, 1.165) is 16.9 Å². The molecule has 6 heteroatoms. The number of benzene rings is 1. The molecule has 0 radical (unpaired) electrons. The van der Waals surface area contributed by atoms with Crippen LogP contribution in [-0.2, 0) is 4.74 Å². The molecule has 6 nitrogen and oxygen atoms in total. The summed E-state index contributed by atoms with van der Waals surface area (Å²) in [5, 5.41) is 8.53. The number of pyridine rings is 1. The van der Waals surface area contributed by atoms with Crippen molar-refractivity contribution in [2.75, 3.05) is 7.11 Å². The van der Waals surface area contributed by atoms with Gasteiger partial charge >= 0.3 is 5.97 Å². The molecule has 23 heavy (non-hydrogen) atoms. The second-order valence-corrected chi connectivity index (χ2v) is 5.15. The number of azo groups is 1. The molecule has 3 aromatic rings. The first-order chi connectivity index (χ1) is 11.1. The molecule has 1 aromatic carbocycles. The Morgan fingerprint density at radius 3 is 2.78 bits per heavy atom. The van der Waals surface area contributed by atoms with Crippen LogP contribution in [0, 0.1) is 13.8 Å². The van der Waals surface area contributed by atoms with Crippen molar-refractivity contribution in [2.45, 2.75) is 13.8 Å². The van der Waals surface area contributed by atoms with Gasteiger partial charge in [-0.3, -0.25) is 4.40 Å². The number of rotatable bonds is 3. The van der Waals surface area contributed by atoms with Crippen LogP contribution < -0.4 is 0 Å². The molecule has 0 bridgehead atoms. The fourth-order valence-electron chi connectivity index (χ4n) is 2.34. The number of imidazole rings is 1. The number of aryl methyl sites for hydroxylation is 2. The van der Waals surface area contributed by atoms with Crippen molar-refractivity contribution in [2.24, 2.45) is 10.2 Å². The van der Waals surface area contributed by atoms with E-state index in [-0.39, 0.29) is 0 Å². The third kappa shape index (κ3) is 2.83. The van der Waals surface area contributed by atoms with Gasteiger partial charge in [0.15, 0.2) is 5.82 Å². The zero-order chi connectivity index (χ0) is 16.4. The quantitative estimate of drug-likeness (QED) is 0.539. The number of ether oxygens (including phenoxy) is 1. The summed E-state index contributed by atoms with van der Waals surface area (Å²) in [6.07, 6.45) is 1.90. The molecular formula is C17H16N4O2. The van der Waals surface area contributed by atoms with E-state index >= 15 is 0 Å². The molecule has 2 aromatic heterocycles. The van der Waals surface area contributed by atoms with Crippen LogP contribution in [0.1, 0.15) is 21.6 Å². The summed E-state index contributed by atoms with van der Waals surface area (Å²) >= 11 is 0. The van der Waals surface area contributed by atoms with Crippen LogP contribution in [0.2, 0.25) is 0 Å². The molecule has 116 valence electrons. The van der Waals surface area contributed by atoms with Gasteiger partial charge in [0.2, 0.25) is 0 Å². The van der Waals surface area contributed by atoms with Crippen molar-refractivity contribution in [3.63, 3.8) is 0 Å². The minimum Gasteiger partial charge on any atom is -0.465 e. The van der Waals surface area contributed by atoms with Gasteiger partial charge in [0, 0.05) is 6.20 Å². The highest BCUT2D eigenvalue weighted by Crippen LogP contribution is 2.25. The number of hydrogen-bond acceptors (Lipinski definition) is 5. The maximum atomic E-state index is 11.6. The first-order valence-corrected chi connectivity index (χ1v) is 7.14. The third-order valence-electron chi connectivity index (χ3n) is 3.52. The van der Waals surface area contributed by atoms with E-state index in [1.54, 1.807) is 24.3 Å². The highest BCUT2D eigenvalue weighted by atomic mass is 16.5. The molecule has 0 saturated heterocycles. The molecule has 3 rings (SSSR count). The largest absolute Gasteiger partial charge is 0.465 e. The van der Waals surface area contributed by atoms with Gasteiger partial charge in [-0.15, -0.1) is 10.2 Å². The summed E-state index contributed by atoms with van der Waals surface area (Å²) < 4.78 is 6.61. The summed E-state index contributed by atoms with van der Waals surface area (Å²) in [6.45, 7) is 3.90. The lowest BCUT2D eigenvalue weighted by Crippen LogP contribution is -1.99. The zero-order valence-corrected chi connectivity index (χ0v) is 13.1. The lowest BCUT2D eigenvalue weighted by atomic mass is 10.2. The Labute approximate surface area is 133 Å². The van der Waals surface area contributed by atoms with Gasteiger partial charge in [-0.2, -0.15) is 0 Å². The minimum atomic E-state index is -0.399. The normalized spacial score (nSPS) is 11.3. The second kappa shape index (κ2) is 6.00. The Balaban J connectivity index is 1.99. The topological polar surface area (TPSA) is 68.3 Å². The molecule has 0 atom stereocenters. The van der Waals surface area contributed by atoms with Gasteiger partial charge in [0.25, 0.3) is 0 Å². The van der Waals surface area contributed by atoms with E-state index in [9.17, 15) is 4.79 Å². The Morgan fingerprint density at radius 1 is 1.17 bits per heavy atom. The van der Waals surface area contributed by atoms with E-state index in [0.29, 0.717) is 17.1 Å². The average Bonchev–Trinajstić information content (AvgIpc) is 2.89. The zero-order valence-electron chi connectivity index (χ0n) is 13.1. The number of methoxy groups -OCH3 is 1. The Hall–Kier alpha value is -3.02. The standard InChI is InChI=1S/C17H16N4O2/c1-11-6-5-9-21-15(11)18-12(2)16(21)20-19-14-8-4-7-13(10-14)17(22)23-3/h4-10H,1-3H3. The smallest absolute Gasteiger partial charge is 0.337 e. The van der Waals surface area contributed by atoms with Crippen LogP contribution in [-0.4, -0.2) is 22.5 Å². The number of esters is 1. The molecule has 0 N–H and O–H groups in total. The van der Waals surface area contributed by atoms with Crippen LogP contribution >= 0.6 is 0 Å². The monoisotopic (exact) mass is 308 g/mol. The van der Waals surface area contributed by atoms with Crippen LogP contribution in [0.4, 0.5) is 11.5 Å². The van der Waals surface area contributed by atoms with E-state index in [4.69, 9.17) is 4.74 Å². The van der Waals surface area contributed by atoms with Crippen LogP contribution in [0.5, 0.6) is 0 Å². The summed E-state index contributed by atoms with van der Waals surface area (Å²) in [5.74, 6) is 0.274. The summed E-state index contributed by atoms with van der Waals surface area (Å²) in [5.41, 5.74) is 3.75. The predicted molar refractivity (Wildman–Crippen MR) is 86.6 cm³/mol. The molecule has 0 spiro atoms. The maximum absolute atomic E-state index is 11.6. The van der Waals surface area contributed by atoms with Gasteiger partial charge in [-0.05, 0) is 43.7 Å². The van der Waals surface area contributed by atoms with Gasteiger partial charge in [0.1, 0.15) is 5.65 Å². The molecule has 0 aliphatic carbocycles. The van der Waals surface area contributed by atoms with Gasteiger partial charge in [0.05, 0.1) is 24.1 Å². The first-order valence-electron chi connectivity index (χ1n) is 7.14. The third-order valence-corrected chi connectivity index (χ3v) is 3.52. The Kier molecular flexibility index (Phi) is 3.89. The first kappa shape index (κ1) is 14.9. The predicted octanol–water partition coefficient (Wildman–Crippen LogP) is 4.15. The molecule has 0 unspecified atom stereocenters. The van der Waals surface area contributed by atoms with Crippen LogP contribution in [0.15, 0.2) is 52.8 Å². The SMILES string of the molecule is COC(=O)c1cccc(N=Nc2c(C)nc3c(C)cccn23)c1. The van der Waals surface area contributed by atoms with Crippen molar-refractivity contribution in [1.29, 1.82) is 0 Å². The Morgan fingerprint density at radius 2 is 2.00 bits per heavy atom. The van der Waals surface area contributed by atoms with E-state index in [2.05, 4.69) is 15.2 Å². The lowest BCUT2D eigenvalue weighted by Gasteiger charge is -2.00. The molecule has 0 aliphatic heterocycles. The Bertz CT molecular complexity index is 912. The van der Waals surface area contributed by atoms with Crippen molar-refractivity contribution in [3.8, 4) is 0 Å². The molecular weight excluding hydrogens is 292 g/mol. The van der Waals surface area contributed by atoms with Gasteiger partial charge in [-0.1, -0.05) is 12.1 Å². The number of carbonyl (C=O) groups is 1. The minimum absolute atomic E-state index is 0.399. The molecule has 2 heterocycles. The second-order valence-electron chi connectivity index (χ2n) is 5.15. The number of aromatic nitrogens is 2. The highest BCUT2D eigenvalue weighted by Gasteiger charge is 2.10. The van der Waals surface area contributed by atoms with Crippen molar-refractivity contribution in [1.82, 2.24) is 9.38 Å². The number of nitrogens with zero attached hydrogens (tertiary/aromatic N) is 4. The summed E-state index contributed by atoms with van der Waals surface area (Å²) in [7, 11) is 1.35. The van der Waals surface area contributed by atoms with Gasteiger partial charge < -0.3 is 4.74 Å². The van der Waals surface area contributed by atoms with Gasteiger partial charge in [-0.25, -0.2) is 9.78 Å². The fourth-order valence-corrected chi connectivity index (χ4v) is 2.34. The maximum Gasteiger partial charge on any atom is 0.337 e. The molecule has 0 amide bonds. The molecule has 0 fully saturated rings. The van der Waals surface area contributed by atoms with E-state index < -0.39 is 5.97 Å². The molecule has 0 saturated carbocycles. The average molecular weight is 308 g/mol. The van der Waals surface area contributed by atoms with Crippen molar-refractivity contribution < 1.29 is 9.53 Å². The highest BCUT2D eigenvalue weighted by molar-refractivity contribution is 5.90. The van der Waals surface area contributed by atoms with E-state index in [1.165, 1.54) is 7.11 Å². The number of fused-ring (bicyclic) bond motifs is 1. The van der Waals surface area contributed by atoms with Crippen LogP contribution in [0.3, 0.4) is 0 Å². The number of hydrogen-bond donors (Lipinski definition) is 0. The fraction of sp³-hybridized carbons (Fsp3) is 0.176. The van der Waals surface area contributed by atoms with Crippen molar-refractivity contribution in [3.05, 3.63) is 59.4 Å².